The zero-order valence-corrected chi connectivity index (χ0v) is 14.4. The lowest BCUT2D eigenvalue weighted by Gasteiger charge is -2.21. The Bertz CT molecular complexity index is 753. The lowest BCUT2D eigenvalue weighted by atomic mass is 10.0. The molecule has 3 rings (SSSR count). The summed E-state index contributed by atoms with van der Waals surface area (Å²) in [5.41, 5.74) is 0.838. The first kappa shape index (κ1) is 15.9. The van der Waals surface area contributed by atoms with Gasteiger partial charge in [0, 0.05) is 18.1 Å². The molecule has 0 saturated heterocycles. The first-order valence-electron chi connectivity index (χ1n) is 7.66. The molecule has 23 heavy (non-hydrogen) atoms. The van der Waals surface area contributed by atoms with E-state index in [0.717, 1.165) is 17.9 Å². The summed E-state index contributed by atoms with van der Waals surface area (Å²) >= 11 is 1.77. The SMILES string of the molecule is COCc1cc(NC(CC(C)C)c2cccs2)n2ncnc2n1. The Kier molecular flexibility index (Phi) is 4.88. The first-order chi connectivity index (χ1) is 11.2. The molecule has 0 aliphatic carbocycles. The molecule has 0 saturated carbocycles. The molecular formula is C16H21N5OS. The summed E-state index contributed by atoms with van der Waals surface area (Å²) in [5.74, 6) is 2.05. The Morgan fingerprint density at radius 3 is 2.96 bits per heavy atom. The molecule has 0 aliphatic heterocycles. The number of nitrogens with one attached hydrogen (secondary N) is 1. The van der Waals surface area contributed by atoms with Crippen LogP contribution in [0.4, 0.5) is 5.82 Å². The van der Waals surface area contributed by atoms with Crippen molar-refractivity contribution in [2.75, 3.05) is 12.4 Å². The van der Waals surface area contributed by atoms with E-state index >= 15 is 0 Å². The van der Waals surface area contributed by atoms with Crippen molar-refractivity contribution in [3.63, 3.8) is 0 Å². The normalized spacial score (nSPS) is 12.9. The van der Waals surface area contributed by atoms with Gasteiger partial charge in [-0.15, -0.1) is 11.3 Å². The number of ether oxygens (including phenoxy) is 1. The molecular weight excluding hydrogens is 310 g/mol. The van der Waals surface area contributed by atoms with Crippen molar-refractivity contribution in [2.45, 2.75) is 32.9 Å². The molecule has 0 aromatic carbocycles. The fourth-order valence-electron chi connectivity index (χ4n) is 2.57. The maximum Gasteiger partial charge on any atom is 0.254 e. The van der Waals surface area contributed by atoms with E-state index < -0.39 is 0 Å². The fourth-order valence-corrected chi connectivity index (χ4v) is 3.36. The molecule has 3 heterocycles. The first-order valence-corrected chi connectivity index (χ1v) is 8.54. The Morgan fingerprint density at radius 1 is 1.39 bits per heavy atom. The fraction of sp³-hybridized carbons (Fsp3) is 0.438. The van der Waals surface area contributed by atoms with Crippen LogP contribution in [0, 0.1) is 5.92 Å². The van der Waals surface area contributed by atoms with Gasteiger partial charge >= 0.3 is 0 Å². The summed E-state index contributed by atoms with van der Waals surface area (Å²) < 4.78 is 6.94. The van der Waals surface area contributed by atoms with E-state index in [2.05, 4.69) is 51.7 Å². The van der Waals surface area contributed by atoms with E-state index in [9.17, 15) is 0 Å². The van der Waals surface area contributed by atoms with E-state index in [1.807, 2.05) is 6.07 Å². The third kappa shape index (κ3) is 3.68. The average molecular weight is 331 g/mol. The Hall–Kier alpha value is -1.99. The van der Waals surface area contributed by atoms with Gasteiger partial charge in [-0.05, 0) is 23.8 Å². The van der Waals surface area contributed by atoms with E-state index in [1.54, 1.807) is 23.0 Å². The third-order valence-corrected chi connectivity index (χ3v) is 4.50. The van der Waals surface area contributed by atoms with Crippen LogP contribution in [0.3, 0.4) is 0 Å². The second kappa shape index (κ2) is 7.06. The summed E-state index contributed by atoms with van der Waals surface area (Å²) in [5, 5.41) is 10.0. The highest BCUT2D eigenvalue weighted by molar-refractivity contribution is 7.10. The number of anilines is 1. The summed E-state index contributed by atoms with van der Waals surface area (Å²) in [6.45, 7) is 4.92. The third-order valence-electron chi connectivity index (χ3n) is 3.51. The van der Waals surface area contributed by atoms with Crippen molar-refractivity contribution in [3.8, 4) is 0 Å². The van der Waals surface area contributed by atoms with E-state index in [-0.39, 0.29) is 6.04 Å². The number of thiophene rings is 1. The van der Waals surface area contributed by atoms with Crippen LogP contribution < -0.4 is 5.32 Å². The van der Waals surface area contributed by atoms with Crippen LogP contribution in [-0.4, -0.2) is 26.7 Å². The molecule has 0 amide bonds. The molecule has 0 fully saturated rings. The number of nitrogens with zero attached hydrogens (tertiary/aromatic N) is 4. The number of methoxy groups -OCH3 is 1. The van der Waals surface area contributed by atoms with Gasteiger partial charge in [0.15, 0.2) is 0 Å². The topological polar surface area (TPSA) is 64.3 Å². The zero-order valence-electron chi connectivity index (χ0n) is 13.6. The Morgan fingerprint density at radius 2 is 2.26 bits per heavy atom. The number of hydrogen-bond acceptors (Lipinski definition) is 6. The summed E-state index contributed by atoms with van der Waals surface area (Å²) in [7, 11) is 1.66. The maximum atomic E-state index is 5.20. The maximum absolute atomic E-state index is 5.20. The van der Waals surface area contributed by atoms with Crippen molar-refractivity contribution in [2.24, 2.45) is 5.92 Å². The van der Waals surface area contributed by atoms with Crippen molar-refractivity contribution in [1.82, 2.24) is 19.6 Å². The minimum Gasteiger partial charge on any atom is -0.378 e. The molecule has 0 aliphatic rings. The highest BCUT2D eigenvalue weighted by atomic mass is 32.1. The molecule has 3 aromatic heterocycles. The lowest BCUT2D eigenvalue weighted by Crippen LogP contribution is -2.15. The smallest absolute Gasteiger partial charge is 0.254 e. The van der Waals surface area contributed by atoms with Crippen molar-refractivity contribution in [3.05, 3.63) is 40.5 Å². The van der Waals surface area contributed by atoms with Crippen molar-refractivity contribution < 1.29 is 4.74 Å². The van der Waals surface area contributed by atoms with Gasteiger partial charge in [0.25, 0.3) is 5.78 Å². The second-order valence-corrected chi connectivity index (χ2v) is 6.86. The average Bonchev–Trinajstić information content (AvgIpc) is 3.18. The van der Waals surface area contributed by atoms with Gasteiger partial charge in [-0.25, -0.2) is 4.98 Å². The van der Waals surface area contributed by atoms with Gasteiger partial charge in [0.2, 0.25) is 0 Å². The molecule has 1 unspecified atom stereocenters. The second-order valence-electron chi connectivity index (χ2n) is 5.88. The summed E-state index contributed by atoms with van der Waals surface area (Å²) in [6, 6.07) is 6.47. The van der Waals surface area contributed by atoms with Crippen LogP contribution in [0.1, 0.15) is 36.9 Å². The van der Waals surface area contributed by atoms with E-state index in [0.29, 0.717) is 18.3 Å². The van der Waals surface area contributed by atoms with E-state index in [4.69, 9.17) is 4.74 Å². The van der Waals surface area contributed by atoms with Gasteiger partial charge in [-0.1, -0.05) is 19.9 Å². The lowest BCUT2D eigenvalue weighted by molar-refractivity contribution is 0.181. The predicted octanol–water partition coefficient (Wildman–Crippen LogP) is 3.53. The minimum atomic E-state index is 0.236. The van der Waals surface area contributed by atoms with Crippen LogP contribution in [0.5, 0.6) is 0 Å². The molecule has 0 radical (unpaired) electrons. The summed E-state index contributed by atoms with van der Waals surface area (Å²) in [6.07, 6.45) is 2.56. The van der Waals surface area contributed by atoms with Gasteiger partial charge in [0.1, 0.15) is 12.1 Å². The molecule has 1 N–H and O–H groups in total. The Labute approximate surface area is 139 Å². The summed E-state index contributed by atoms with van der Waals surface area (Å²) in [4.78, 5) is 9.96. The molecule has 6 nitrogen and oxygen atoms in total. The highest BCUT2D eigenvalue weighted by Crippen LogP contribution is 2.29. The molecule has 0 bridgehead atoms. The van der Waals surface area contributed by atoms with Crippen LogP contribution in [0.25, 0.3) is 5.78 Å². The molecule has 1 atom stereocenters. The Balaban J connectivity index is 1.95. The van der Waals surface area contributed by atoms with E-state index in [1.165, 1.54) is 11.2 Å². The highest BCUT2D eigenvalue weighted by Gasteiger charge is 2.17. The van der Waals surface area contributed by atoms with Crippen LogP contribution in [0.2, 0.25) is 0 Å². The monoisotopic (exact) mass is 331 g/mol. The van der Waals surface area contributed by atoms with Crippen molar-refractivity contribution in [1.29, 1.82) is 0 Å². The van der Waals surface area contributed by atoms with Crippen LogP contribution in [0.15, 0.2) is 29.9 Å². The quantitative estimate of drug-likeness (QED) is 0.717. The molecule has 0 spiro atoms. The number of hydrogen-bond donors (Lipinski definition) is 1. The van der Waals surface area contributed by atoms with Crippen molar-refractivity contribution >= 4 is 22.9 Å². The van der Waals surface area contributed by atoms with Gasteiger partial charge in [-0.2, -0.15) is 14.6 Å². The van der Waals surface area contributed by atoms with Gasteiger partial charge in [0.05, 0.1) is 18.3 Å². The number of aromatic nitrogens is 4. The van der Waals surface area contributed by atoms with Gasteiger partial charge < -0.3 is 10.1 Å². The standard InChI is InChI=1S/C16H21N5OS/c1-11(2)7-13(14-5-4-6-23-14)20-15-8-12(9-22-3)19-16-17-10-18-21(15)16/h4-6,8,10-11,13,20H,7,9H2,1-3H3. The number of fused-ring (bicyclic) bond motifs is 1. The van der Waals surface area contributed by atoms with Gasteiger partial charge in [-0.3, -0.25) is 0 Å². The molecule has 122 valence electrons. The van der Waals surface area contributed by atoms with Crippen LogP contribution >= 0.6 is 11.3 Å². The number of rotatable bonds is 7. The molecule has 3 aromatic rings. The van der Waals surface area contributed by atoms with Crippen LogP contribution in [-0.2, 0) is 11.3 Å². The zero-order chi connectivity index (χ0) is 16.2. The molecule has 7 heteroatoms. The predicted molar refractivity (Wildman–Crippen MR) is 91.6 cm³/mol. The minimum absolute atomic E-state index is 0.236. The largest absolute Gasteiger partial charge is 0.378 e.